The molecule has 0 saturated carbocycles. The third-order valence-electron chi connectivity index (χ3n) is 4.83. The molecule has 0 unspecified atom stereocenters. The molecule has 3 heterocycles. The van der Waals surface area contributed by atoms with Gasteiger partial charge in [0.2, 0.25) is 5.95 Å². The van der Waals surface area contributed by atoms with Gasteiger partial charge >= 0.3 is 0 Å². The molecule has 8 heteroatoms. The third kappa shape index (κ3) is 4.01. The Bertz CT molecular complexity index is 847. The summed E-state index contributed by atoms with van der Waals surface area (Å²) in [6.07, 6.45) is 0.877. The van der Waals surface area contributed by atoms with Crippen LogP contribution in [0.15, 0.2) is 24.3 Å². The fourth-order valence-corrected chi connectivity index (χ4v) is 3.44. The third-order valence-corrected chi connectivity index (χ3v) is 4.83. The summed E-state index contributed by atoms with van der Waals surface area (Å²) in [5, 5.41) is 9.42. The van der Waals surface area contributed by atoms with Gasteiger partial charge in [0, 0.05) is 42.5 Å². The normalized spacial score (nSPS) is 15.9. The molecule has 8 nitrogen and oxygen atoms in total. The van der Waals surface area contributed by atoms with E-state index in [1.165, 1.54) is 0 Å². The van der Waals surface area contributed by atoms with Crippen LogP contribution in [0, 0.1) is 0 Å². The van der Waals surface area contributed by atoms with Crippen LogP contribution >= 0.6 is 0 Å². The molecule has 1 fully saturated rings. The Hall–Kier alpha value is -2.87. The fraction of sp³-hybridized carbons (Fsp3) is 0.450. The number of nitrogens with one attached hydrogen (secondary N) is 3. The predicted octanol–water partition coefficient (Wildman–Crippen LogP) is 2.35. The average molecular weight is 382 g/mol. The summed E-state index contributed by atoms with van der Waals surface area (Å²) in [7, 11) is 0. The van der Waals surface area contributed by atoms with Crippen molar-refractivity contribution in [3.63, 3.8) is 0 Å². The van der Waals surface area contributed by atoms with Gasteiger partial charge in [-0.2, -0.15) is 9.97 Å². The minimum atomic E-state index is -0.220. The van der Waals surface area contributed by atoms with E-state index < -0.39 is 0 Å². The lowest BCUT2D eigenvalue weighted by molar-refractivity contribution is 0.102. The predicted molar refractivity (Wildman–Crippen MR) is 110 cm³/mol. The van der Waals surface area contributed by atoms with E-state index in [1.54, 1.807) is 0 Å². The summed E-state index contributed by atoms with van der Waals surface area (Å²) >= 11 is 0. The van der Waals surface area contributed by atoms with Gasteiger partial charge in [0.05, 0.1) is 13.2 Å². The van der Waals surface area contributed by atoms with E-state index >= 15 is 0 Å². The number of ether oxygens (including phenoxy) is 1. The van der Waals surface area contributed by atoms with E-state index in [1.807, 2.05) is 24.3 Å². The molecular formula is C20H26N6O2. The lowest BCUT2D eigenvalue weighted by atomic mass is 10.1. The molecule has 148 valence electrons. The SMILES string of the molecule is CC(C)Nc1nc(NC(=O)c2ccc(N3CCOCC3)cc2)nc2c1CCN2. The number of anilines is 4. The summed E-state index contributed by atoms with van der Waals surface area (Å²) in [6, 6.07) is 7.85. The zero-order chi connectivity index (χ0) is 19.5. The first-order valence-electron chi connectivity index (χ1n) is 9.75. The fourth-order valence-electron chi connectivity index (χ4n) is 3.44. The molecular weight excluding hydrogens is 356 g/mol. The van der Waals surface area contributed by atoms with Crippen LogP contribution in [0.2, 0.25) is 0 Å². The van der Waals surface area contributed by atoms with Crippen molar-refractivity contribution in [2.75, 3.05) is 53.7 Å². The highest BCUT2D eigenvalue weighted by atomic mass is 16.5. The van der Waals surface area contributed by atoms with Crippen molar-refractivity contribution in [1.82, 2.24) is 9.97 Å². The maximum atomic E-state index is 12.7. The molecule has 28 heavy (non-hydrogen) atoms. The molecule has 2 aliphatic heterocycles. The Kier molecular flexibility index (Phi) is 5.29. The van der Waals surface area contributed by atoms with E-state index in [4.69, 9.17) is 4.74 Å². The van der Waals surface area contributed by atoms with Crippen molar-refractivity contribution in [2.24, 2.45) is 0 Å². The van der Waals surface area contributed by atoms with Crippen molar-refractivity contribution in [2.45, 2.75) is 26.3 Å². The van der Waals surface area contributed by atoms with Crippen molar-refractivity contribution >= 4 is 29.2 Å². The number of benzene rings is 1. The number of carbonyl (C=O) groups excluding carboxylic acids is 1. The minimum Gasteiger partial charge on any atom is -0.378 e. The van der Waals surface area contributed by atoms with Crippen LogP contribution in [0.4, 0.5) is 23.3 Å². The summed E-state index contributed by atoms with van der Waals surface area (Å²) in [5.74, 6) is 1.65. The van der Waals surface area contributed by atoms with Crippen LogP contribution in [0.1, 0.15) is 29.8 Å². The maximum absolute atomic E-state index is 12.7. The first-order valence-corrected chi connectivity index (χ1v) is 9.75. The molecule has 4 rings (SSSR count). The highest BCUT2D eigenvalue weighted by Gasteiger charge is 2.20. The number of aromatic nitrogens is 2. The highest BCUT2D eigenvalue weighted by Crippen LogP contribution is 2.28. The van der Waals surface area contributed by atoms with Gasteiger partial charge in [0.15, 0.2) is 0 Å². The molecule has 1 amide bonds. The number of amides is 1. The summed E-state index contributed by atoms with van der Waals surface area (Å²) in [4.78, 5) is 23.9. The van der Waals surface area contributed by atoms with Gasteiger partial charge in [-0.3, -0.25) is 10.1 Å². The van der Waals surface area contributed by atoms with E-state index in [0.29, 0.717) is 11.5 Å². The van der Waals surface area contributed by atoms with Crippen LogP contribution in [-0.4, -0.2) is 54.8 Å². The molecule has 0 atom stereocenters. The Morgan fingerprint density at radius 1 is 1.18 bits per heavy atom. The molecule has 2 aromatic rings. The Labute approximate surface area is 164 Å². The second kappa shape index (κ2) is 8.02. The molecule has 0 aliphatic carbocycles. The van der Waals surface area contributed by atoms with Crippen LogP contribution in [-0.2, 0) is 11.2 Å². The van der Waals surface area contributed by atoms with Crippen molar-refractivity contribution in [1.29, 1.82) is 0 Å². The first kappa shape index (κ1) is 18.5. The zero-order valence-electron chi connectivity index (χ0n) is 16.3. The highest BCUT2D eigenvalue weighted by molar-refractivity contribution is 6.03. The summed E-state index contributed by atoms with van der Waals surface area (Å²) in [5.41, 5.74) is 2.75. The van der Waals surface area contributed by atoms with Gasteiger partial charge in [-0.15, -0.1) is 0 Å². The monoisotopic (exact) mass is 382 g/mol. The Morgan fingerprint density at radius 3 is 2.64 bits per heavy atom. The van der Waals surface area contributed by atoms with Crippen molar-refractivity contribution in [3.05, 3.63) is 35.4 Å². The molecule has 1 aromatic heterocycles. The number of fused-ring (bicyclic) bond motifs is 1. The Morgan fingerprint density at radius 2 is 1.93 bits per heavy atom. The summed E-state index contributed by atoms with van der Waals surface area (Å²) < 4.78 is 5.38. The van der Waals surface area contributed by atoms with Crippen LogP contribution < -0.4 is 20.9 Å². The molecule has 0 bridgehead atoms. The van der Waals surface area contributed by atoms with Gasteiger partial charge in [0.25, 0.3) is 5.91 Å². The van der Waals surface area contributed by atoms with Crippen molar-refractivity contribution < 1.29 is 9.53 Å². The van der Waals surface area contributed by atoms with E-state index in [9.17, 15) is 4.79 Å². The van der Waals surface area contributed by atoms with E-state index in [2.05, 4.69) is 44.7 Å². The second-order valence-corrected chi connectivity index (χ2v) is 7.30. The topological polar surface area (TPSA) is 91.4 Å². The molecule has 1 aromatic carbocycles. The lowest BCUT2D eigenvalue weighted by Gasteiger charge is -2.28. The number of hydrogen-bond acceptors (Lipinski definition) is 7. The quantitative estimate of drug-likeness (QED) is 0.731. The first-order chi connectivity index (χ1) is 13.6. The molecule has 2 aliphatic rings. The zero-order valence-corrected chi connectivity index (χ0v) is 16.3. The van der Waals surface area contributed by atoms with Gasteiger partial charge in [-0.25, -0.2) is 0 Å². The molecule has 0 spiro atoms. The van der Waals surface area contributed by atoms with Gasteiger partial charge in [-0.05, 0) is 44.5 Å². The maximum Gasteiger partial charge on any atom is 0.258 e. The van der Waals surface area contributed by atoms with Crippen LogP contribution in [0.5, 0.6) is 0 Å². The van der Waals surface area contributed by atoms with Gasteiger partial charge < -0.3 is 20.3 Å². The smallest absolute Gasteiger partial charge is 0.258 e. The van der Waals surface area contributed by atoms with E-state index in [0.717, 1.165) is 62.2 Å². The van der Waals surface area contributed by atoms with Gasteiger partial charge in [0.1, 0.15) is 11.6 Å². The number of nitrogens with zero attached hydrogens (tertiary/aromatic N) is 3. The second-order valence-electron chi connectivity index (χ2n) is 7.30. The average Bonchev–Trinajstić information content (AvgIpc) is 3.17. The minimum absolute atomic E-state index is 0.220. The molecule has 0 radical (unpaired) electrons. The summed E-state index contributed by atoms with van der Waals surface area (Å²) in [6.45, 7) is 8.16. The van der Waals surface area contributed by atoms with Crippen LogP contribution in [0.3, 0.4) is 0 Å². The van der Waals surface area contributed by atoms with Crippen LogP contribution in [0.25, 0.3) is 0 Å². The largest absolute Gasteiger partial charge is 0.378 e. The number of morpholine rings is 1. The number of carbonyl (C=O) groups is 1. The van der Waals surface area contributed by atoms with E-state index in [-0.39, 0.29) is 11.9 Å². The molecule has 1 saturated heterocycles. The Balaban J connectivity index is 1.49. The molecule has 3 N–H and O–H groups in total. The lowest BCUT2D eigenvalue weighted by Crippen LogP contribution is -2.36. The number of rotatable bonds is 5. The van der Waals surface area contributed by atoms with Gasteiger partial charge in [-0.1, -0.05) is 0 Å². The standard InChI is InChI=1S/C20H26N6O2/c1-13(2)22-18-16-7-8-21-17(16)23-20(24-18)25-19(27)14-3-5-15(6-4-14)26-9-11-28-12-10-26/h3-6,13H,7-12H2,1-2H3,(H3,21,22,23,24,25,27). The van der Waals surface area contributed by atoms with Crippen molar-refractivity contribution in [3.8, 4) is 0 Å². The number of hydrogen-bond donors (Lipinski definition) is 3.